The van der Waals surface area contributed by atoms with Crippen LogP contribution in [-0.2, 0) is 20.9 Å². The maximum Gasteiger partial charge on any atom is 0.309 e. The molecule has 1 aliphatic heterocycles. The summed E-state index contributed by atoms with van der Waals surface area (Å²) in [6.45, 7) is 3.95. The van der Waals surface area contributed by atoms with E-state index in [4.69, 9.17) is 9.47 Å². The molecule has 1 saturated heterocycles. The molecular formula is C16H22N2O4. The number of amides is 2. The second-order valence-electron chi connectivity index (χ2n) is 5.10. The third kappa shape index (κ3) is 5.04. The van der Waals surface area contributed by atoms with Crippen LogP contribution >= 0.6 is 0 Å². The zero-order chi connectivity index (χ0) is 15.8. The van der Waals surface area contributed by atoms with Gasteiger partial charge in [0.2, 0.25) is 0 Å². The molecule has 1 heterocycles. The molecule has 0 spiro atoms. The van der Waals surface area contributed by atoms with Crippen LogP contribution in [0.25, 0.3) is 0 Å². The van der Waals surface area contributed by atoms with Crippen molar-refractivity contribution < 1.29 is 19.1 Å². The van der Waals surface area contributed by atoms with Crippen molar-refractivity contribution in [3.63, 3.8) is 0 Å². The lowest BCUT2D eigenvalue weighted by Gasteiger charge is -2.11. The summed E-state index contributed by atoms with van der Waals surface area (Å²) in [5, 5.41) is 5.18. The number of hydrogen-bond donors (Lipinski definition) is 2. The van der Waals surface area contributed by atoms with E-state index in [2.05, 4.69) is 10.6 Å². The Balaban J connectivity index is 1.70. The van der Waals surface area contributed by atoms with Gasteiger partial charge in [-0.1, -0.05) is 12.1 Å². The SMILES string of the molecule is CCOc1ccc(CNC(=O)C(=O)NC[C@@H]2CCCO2)cc1. The number of carbonyl (C=O) groups is 2. The summed E-state index contributed by atoms with van der Waals surface area (Å²) in [5.74, 6) is -0.472. The van der Waals surface area contributed by atoms with Crippen LogP contribution in [0.4, 0.5) is 0 Å². The van der Waals surface area contributed by atoms with E-state index >= 15 is 0 Å². The van der Waals surface area contributed by atoms with Crippen molar-refractivity contribution >= 4 is 11.8 Å². The van der Waals surface area contributed by atoms with Crippen LogP contribution in [0.1, 0.15) is 25.3 Å². The Bertz CT molecular complexity index is 495. The molecular weight excluding hydrogens is 284 g/mol. The van der Waals surface area contributed by atoms with E-state index in [0.717, 1.165) is 30.8 Å². The summed E-state index contributed by atoms with van der Waals surface area (Å²) in [5.41, 5.74) is 0.906. The van der Waals surface area contributed by atoms with E-state index in [0.29, 0.717) is 19.7 Å². The first-order chi connectivity index (χ1) is 10.7. The van der Waals surface area contributed by atoms with E-state index in [1.807, 2.05) is 31.2 Å². The average molecular weight is 306 g/mol. The minimum Gasteiger partial charge on any atom is -0.494 e. The van der Waals surface area contributed by atoms with Crippen molar-refractivity contribution in [1.29, 1.82) is 0 Å². The topological polar surface area (TPSA) is 76.7 Å². The van der Waals surface area contributed by atoms with Crippen molar-refractivity contribution in [3.05, 3.63) is 29.8 Å². The van der Waals surface area contributed by atoms with Gasteiger partial charge >= 0.3 is 11.8 Å². The number of rotatable bonds is 6. The highest BCUT2D eigenvalue weighted by Crippen LogP contribution is 2.12. The fraction of sp³-hybridized carbons (Fsp3) is 0.500. The van der Waals surface area contributed by atoms with Crippen molar-refractivity contribution in [2.75, 3.05) is 19.8 Å². The van der Waals surface area contributed by atoms with Gasteiger partial charge in [-0.25, -0.2) is 0 Å². The van der Waals surface area contributed by atoms with Crippen LogP contribution < -0.4 is 15.4 Å². The maximum absolute atomic E-state index is 11.7. The molecule has 1 aromatic rings. The Morgan fingerprint density at radius 2 is 1.95 bits per heavy atom. The van der Waals surface area contributed by atoms with E-state index in [1.165, 1.54) is 0 Å². The van der Waals surface area contributed by atoms with E-state index in [-0.39, 0.29) is 6.10 Å². The van der Waals surface area contributed by atoms with Crippen LogP contribution in [0.3, 0.4) is 0 Å². The molecule has 0 saturated carbocycles. The van der Waals surface area contributed by atoms with Gasteiger partial charge < -0.3 is 20.1 Å². The van der Waals surface area contributed by atoms with Crippen molar-refractivity contribution in [2.45, 2.75) is 32.4 Å². The summed E-state index contributed by atoms with van der Waals surface area (Å²) in [7, 11) is 0. The average Bonchev–Trinajstić information content (AvgIpc) is 3.05. The van der Waals surface area contributed by atoms with Crippen LogP contribution in [0.15, 0.2) is 24.3 Å². The minimum absolute atomic E-state index is 0.0304. The number of hydrogen-bond acceptors (Lipinski definition) is 4. The van der Waals surface area contributed by atoms with Gasteiger partial charge in [0.05, 0.1) is 12.7 Å². The van der Waals surface area contributed by atoms with Gasteiger partial charge in [0, 0.05) is 19.7 Å². The second kappa shape index (κ2) is 8.38. The van der Waals surface area contributed by atoms with Crippen molar-refractivity contribution in [1.82, 2.24) is 10.6 Å². The van der Waals surface area contributed by atoms with Crippen LogP contribution in [0.5, 0.6) is 5.75 Å². The molecule has 1 fully saturated rings. The molecule has 22 heavy (non-hydrogen) atoms. The number of carbonyl (C=O) groups excluding carboxylic acids is 2. The summed E-state index contributed by atoms with van der Waals surface area (Å²) in [4.78, 5) is 23.4. The van der Waals surface area contributed by atoms with E-state index in [1.54, 1.807) is 0 Å². The Labute approximate surface area is 130 Å². The summed E-state index contributed by atoms with van der Waals surface area (Å²) in [6, 6.07) is 7.38. The smallest absolute Gasteiger partial charge is 0.309 e. The third-order valence-electron chi connectivity index (χ3n) is 3.41. The van der Waals surface area contributed by atoms with Gasteiger partial charge in [-0.05, 0) is 37.5 Å². The summed E-state index contributed by atoms with van der Waals surface area (Å²) < 4.78 is 10.7. The highest BCUT2D eigenvalue weighted by atomic mass is 16.5. The monoisotopic (exact) mass is 306 g/mol. The first-order valence-corrected chi connectivity index (χ1v) is 7.58. The van der Waals surface area contributed by atoms with Crippen LogP contribution in [-0.4, -0.2) is 37.7 Å². The number of nitrogens with one attached hydrogen (secondary N) is 2. The predicted molar refractivity (Wildman–Crippen MR) is 81.4 cm³/mol. The van der Waals surface area contributed by atoms with Gasteiger partial charge in [0.25, 0.3) is 0 Å². The fourth-order valence-electron chi connectivity index (χ4n) is 2.22. The molecule has 120 valence electrons. The molecule has 0 unspecified atom stereocenters. The Hall–Kier alpha value is -2.08. The Morgan fingerprint density at radius 3 is 2.59 bits per heavy atom. The van der Waals surface area contributed by atoms with Gasteiger partial charge in [-0.2, -0.15) is 0 Å². The van der Waals surface area contributed by atoms with Crippen molar-refractivity contribution in [3.8, 4) is 5.75 Å². The molecule has 0 radical (unpaired) electrons. The predicted octanol–water partition coefficient (Wildman–Crippen LogP) is 0.997. The molecule has 1 atom stereocenters. The molecule has 0 bridgehead atoms. The molecule has 1 aliphatic rings. The standard InChI is InChI=1S/C16H22N2O4/c1-2-21-13-7-5-12(6-8-13)10-17-15(19)16(20)18-11-14-4-3-9-22-14/h5-8,14H,2-4,9-11H2,1H3,(H,17,19)(H,18,20)/t14-/m0/s1. The largest absolute Gasteiger partial charge is 0.494 e. The summed E-state index contributed by atoms with van der Waals surface area (Å²) >= 11 is 0. The molecule has 0 aromatic heterocycles. The minimum atomic E-state index is -0.633. The Kier molecular flexibility index (Phi) is 6.21. The first-order valence-electron chi connectivity index (χ1n) is 7.58. The van der Waals surface area contributed by atoms with Crippen LogP contribution in [0.2, 0.25) is 0 Å². The van der Waals surface area contributed by atoms with Gasteiger partial charge in [-0.15, -0.1) is 0 Å². The zero-order valence-electron chi connectivity index (χ0n) is 12.8. The zero-order valence-corrected chi connectivity index (χ0v) is 12.8. The normalized spacial score (nSPS) is 17.0. The quantitative estimate of drug-likeness (QED) is 0.769. The second-order valence-corrected chi connectivity index (χ2v) is 5.10. The lowest BCUT2D eigenvalue weighted by Crippen LogP contribution is -2.42. The third-order valence-corrected chi connectivity index (χ3v) is 3.41. The molecule has 2 amide bonds. The van der Waals surface area contributed by atoms with E-state index < -0.39 is 11.8 Å². The number of benzene rings is 1. The van der Waals surface area contributed by atoms with Gasteiger partial charge in [0.15, 0.2) is 0 Å². The molecule has 0 aliphatic carbocycles. The first kappa shape index (κ1) is 16.3. The highest BCUT2D eigenvalue weighted by Gasteiger charge is 2.18. The van der Waals surface area contributed by atoms with Gasteiger partial charge in [0.1, 0.15) is 5.75 Å². The van der Waals surface area contributed by atoms with E-state index in [9.17, 15) is 9.59 Å². The molecule has 2 rings (SSSR count). The maximum atomic E-state index is 11.7. The number of ether oxygens (including phenoxy) is 2. The van der Waals surface area contributed by atoms with Crippen LogP contribution in [0, 0.1) is 0 Å². The molecule has 1 aromatic carbocycles. The lowest BCUT2D eigenvalue weighted by molar-refractivity contribution is -0.139. The molecule has 2 N–H and O–H groups in total. The lowest BCUT2D eigenvalue weighted by atomic mass is 10.2. The van der Waals surface area contributed by atoms with Crippen molar-refractivity contribution in [2.24, 2.45) is 0 Å². The summed E-state index contributed by atoms with van der Waals surface area (Å²) in [6.07, 6.45) is 1.96. The Morgan fingerprint density at radius 1 is 1.23 bits per heavy atom. The molecule has 6 nitrogen and oxygen atoms in total. The van der Waals surface area contributed by atoms with Gasteiger partial charge in [-0.3, -0.25) is 9.59 Å². The highest BCUT2D eigenvalue weighted by molar-refractivity contribution is 6.35. The molecule has 6 heteroatoms. The fourth-order valence-corrected chi connectivity index (χ4v) is 2.22.